The molecule has 1 spiro atoms. The van der Waals surface area contributed by atoms with Gasteiger partial charge in [0.25, 0.3) is 0 Å². The average molecular weight is 304 g/mol. The summed E-state index contributed by atoms with van der Waals surface area (Å²) in [5.41, 5.74) is 6.36. The van der Waals surface area contributed by atoms with E-state index in [-0.39, 0.29) is 11.4 Å². The molecule has 3 heterocycles. The number of hydrogen-bond donors (Lipinski definition) is 2. The molecule has 7 nitrogen and oxygen atoms in total. The molecule has 0 unspecified atom stereocenters. The lowest BCUT2D eigenvalue weighted by molar-refractivity contribution is -0.133. The zero-order valence-corrected chi connectivity index (χ0v) is 13.3. The van der Waals surface area contributed by atoms with Gasteiger partial charge in [-0.2, -0.15) is 4.98 Å². The molecule has 2 aliphatic heterocycles. The topological polar surface area (TPSA) is 87.4 Å². The van der Waals surface area contributed by atoms with Crippen LogP contribution in [0, 0.1) is 6.92 Å². The number of nitrogens with one attached hydrogen (secondary N) is 1. The van der Waals surface area contributed by atoms with Crippen molar-refractivity contribution in [2.45, 2.75) is 31.7 Å². The summed E-state index contributed by atoms with van der Waals surface area (Å²) in [4.78, 5) is 25.4. The van der Waals surface area contributed by atoms with Gasteiger partial charge in [0.1, 0.15) is 11.4 Å². The van der Waals surface area contributed by atoms with E-state index in [9.17, 15) is 4.79 Å². The molecule has 22 heavy (non-hydrogen) atoms. The Balaban J connectivity index is 1.79. The van der Waals surface area contributed by atoms with Gasteiger partial charge in [0.15, 0.2) is 0 Å². The maximum atomic E-state index is 12.5. The molecule has 2 saturated heterocycles. The Morgan fingerprint density at radius 1 is 1.32 bits per heavy atom. The number of likely N-dealkylation sites (N-methyl/N-ethyl adjacent to an activating group) is 1. The molecular formula is C15H24N6O. The molecule has 120 valence electrons. The van der Waals surface area contributed by atoms with Gasteiger partial charge < -0.3 is 16.0 Å². The van der Waals surface area contributed by atoms with Crippen LogP contribution in [0.15, 0.2) is 6.20 Å². The quantitative estimate of drug-likeness (QED) is 0.768. The van der Waals surface area contributed by atoms with Crippen molar-refractivity contribution in [2.24, 2.45) is 0 Å². The Labute approximate surface area is 130 Å². The number of amides is 1. The number of hydrogen-bond acceptors (Lipinski definition) is 6. The molecule has 0 bridgehead atoms. The van der Waals surface area contributed by atoms with Crippen LogP contribution in [0.2, 0.25) is 0 Å². The van der Waals surface area contributed by atoms with E-state index in [1.807, 2.05) is 6.92 Å². The normalized spacial score (nSPS) is 22.5. The Hall–Kier alpha value is -1.89. The molecule has 3 N–H and O–H groups in total. The maximum absolute atomic E-state index is 12.5. The third-order valence-corrected chi connectivity index (χ3v) is 4.96. The minimum absolute atomic E-state index is 0.172. The second-order valence-electron chi connectivity index (χ2n) is 6.28. The first-order chi connectivity index (χ1) is 10.5. The molecule has 1 aromatic rings. The number of aromatic nitrogens is 2. The largest absolute Gasteiger partial charge is 0.368 e. The van der Waals surface area contributed by atoms with Crippen LogP contribution in [0.1, 0.15) is 24.8 Å². The third-order valence-electron chi connectivity index (χ3n) is 4.96. The number of anilines is 2. The lowest BCUT2D eigenvalue weighted by Crippen LogP contribution is -2.61. The SMILES string of the molecule is Cc1cnc(N)nc1N1CCC2(CC1)C(=O)NCCCN2C. The zero-order valence-electron chi connectivity index (χ0n) is 13.3. The van der Waals surface area contributed by atoms with Crippen LogP contribution in [0.25, 0.3) is 0 Å². The zero-order chi connectivity index (χ0) is 15.7. The number of aryl methyl sites for hydroxylation is 1. The van der Waals surface area contributed by atoms with Crippen molar-refractivity contribution in [3.05, 3.63) is 11.8 Å². The Kier molecular flexibility index (Phi) is 3.90. The van der Waals surface area contributed by atoms with E-state index in [4.69, 9.17) is 5.73 Å². The summed E-state index contributed by atoms with van der Waals surface area (Å²) in [5.74, 6) is 1.36. The first kappa shape index (κ1) is 15.0. The average Bonchev–Trinajstić information content (AvgIpc) is 2.65. The molecule has 0 aromatic carbocycles. The molecule has 0 radical (unpaired) electrons. The molecule has 0 aliphatic carbocycles. The molecule has 1 amide bonds. The van der Waals surface area contributed by atoms with E-state index in [1.54, 1.807) is 6.20 Å². The summed E-state index contributed by atoms with van der Waals surface area (Å²) in [6, 6.07) is 0. The van der Waals surface area contributed by atoms with Gasteiger partial charge in [-0.3, -0.25) is 9.69 Å². The second kappa shape index (κ2) is 5.72. The van der Waals surface area contributed by atoms with Crippen LogP contribution in [0.5, 0.6) is 0 Å². The van der Waals surface area contributed by atoms with E-state index in [1.165, 1.54) is 0 Å². The second-order valence-corrected chi connectivity index (χ2v) is 6.28. The lowest BCUT2D eigenvalue weighted by Gasteiger charge is -2.45. The predicted molar refractivity (Wildman–Crippen MR) is 85.6 cm³/mol. The number of nitrogen functional groups attached to an aromatic ring is 1. The molecule has 2 fully saturated rings. The van der Waals surface area contributed by atoms with Gasteiger partial charge in [-0.25, -0.2) is 4.98 Å². The van der Waals surface area contributed by atoms with Crippen molar-refractivity contribution in [1.82, 2.24) is 20.2 Å². The Bertz CT molecular complexity index is 567. The van der Waals surface area contributed by atoms with Gasteiger partial charge in [-0.15, -0.1) is 0 Å². The molecule has 1 aromatic heterocycles. The molecule has 2 aliphatic rings. The monoisotopic (exact) mass is 304 g/mol. The van der Waals surface area contributed by atoms with Crippen molar-refractivity contribution in [1.29, 1.82) is 0 Å². The number of piperidine rings is 1. The van der Waals surface area contributed by atoms with Crippen LogP contribution < -0.4 is 16.0 Å². The van der Waals surface area contributed by atoms with Crippen molar-refractivity contribution in [3.8, 4) is 0 Å². The van der Waals surface area contributed by atoms with Crippen LogP contribution in [-0.4, -0.2) is 59.5 Å². The number of carbonyl (C=O) groups is 1. The first-order valence-corrected chi connectivity index (χ1v) is 7.86. The summed E-state index contributed by atoms with van der Waals surface area (Å²) < 4.78 is 0. The van der Waals surface area contributed by atoms with Crippen molar-refractivity contribution in [3.63, 3.8) is 0 Å². The molecule has 7 heteroatoms. The van der Waals surface area contributed by atoms with Gasteiger partial charge in [0, 0.05) is 37.9 Å². The molecular weight excluding hydrogens is 280 g/mol. The number of nitrogens with two attached hydrogens (primary N) is 1. The molecule has 0 atom stereocenters. The minimum Gasteiger partial charge on any atom is -0.368 e. The maximum Gasteiger partial charge on any atom is 0.240 e. The van der Waals surface area contributed by atoms with Crippen molar-refractivity contribution >= 4 is 17.7 Å². The highest BCUT2D eigenvalue weighted by molar-refractivity contribution is 5.87. The Morgan fingerprint density at radius 3 is 2.77 bits per heavy atom. The standard InChI is InChI=1S/C15H24N6O/c1-11-10-18-14(16)19-12(11)21-8-4-15(5-9-21)13(22)17-6-3-7-20(15)2/h10H,3-9H2,1-2H3,(H,17,22)(H2,16,18,19). The van der Waals surface area contributed by atoms with Gasteiger partial charge in [-0.1, -0.05) is 0 Å². The van der Waals surface area contributed by atoms with Gasteiger partial charge in [0.05, 0.1) is 0 Å². The van der Waals surface area contributed by atoms with Gasteiger partial charge in [0.2, 0.25) is 11.9 Å². The van der Waals surface area contributed by atoms with Crippen LogP contribution in [0.4, 0.5) is 11.8 Å². The summed E-state index contributed by atoms with van der Waals surface area (Å²) in [6.07, 6.45) is 4.37. The van der Waals surface area contributed by atoms with Crippen LogP contribution in [0.3, 0.4) is 0 Å². The summed E-state index contributed by atoms with van der Waals surface area (Å²) >= 11 is 0. The van der Waals surface area contributed by atoms with E-state index in [0.717, 1.165) is 56.8 Å². The van der Waals surface area contributed by atoms with Crippen molar-refractivity contribution < 1.29 is 4.79 Å². The summed E-state index contributed by atoms with van der Waals surface area (Å²) in [5, 5.41) is 3.07. The Morgan fingerprint density at radius 2 is 2.05 bits per heavy atom. The number of carbonyl (C=O) groups excluding carboxylic acids is 1. The smallest absolute Gasteiger partial charge is 0.240 e. The van der Waals surface area contributed by atoms with Crippen LogP contribution >= 0.6 is 0 Å². The first-order valence-electron chi connectivity index (χ1n) is 7.86. The molecule has 3 rings (SSSR count). The predicted octanol–water partition coefficient (Wildman–Crippen LogP) is 0.158. The van der Waals surface area contributed by atoms with E-state index in [2.05, 4.69) is 32.1 Å². The minimum atomic E-state index is -0.376. The highest BCUT2D eigenvalue weighted by Gasteiger charge is 2.45. The van der Waals surface area contributed by atoms with Crippen molar-refractivity contribution in [2.75, 3.05) is 43.9 Å². The summed E-state index contributed by atoms with van der Waals surface area (Å²) in [6.45, 7) is 5.32. The highest BCUT2D eigenvalue weighted by Crippen LogP contribution is 2.32. The van der Waals surface area contributed by atoms with E-state index in [0.29, 0.717) is 5.95 Å². The number of rotatable bonds is 1. The van der Waals surface area contributed by atoms with Gasteiger partial charge >= 0.3 is 0 Å². The lowest BCUT2D eigenvalue weighted by atomic mass is 9.85. The third kappa shape index (κ3) is 2.49. The fraction of sp³-hybridized carbons (Fsp3) is 0.667. The summed E-state index contributed by atoms with van der Waals surface area (Å²) in [7, 11) is 2.06. The van der Waals surface area contributed by atoms with E-state index < -0.39 is 0 Å². The number of nitrogens with zero attached hydrogens (tertiary/aromatic N) is 4. The highest BCUT2D eigenvalue weighted by atomic mass is 16.2. The van der Waals surface area contributed by atoms with Crippen LogP contribution in [-0.2, 0) is 4.79 Å². The van der Waals surface area contributed by atoms with E-state index >= 15 is 0 Å². The fourth-order valence-electron chi connectivity index (χ4n) is 3.53. The molecule has 0 saturated carbocycles. The fourth-order valence-corrected chi connectivity index (χ4v) is 3.53. The van der Waals surface area contributed by atoms with Gasteiger partial charge in [-0.05, 0) is 33.2 Å².